The first-order valence-corrected chi connectivity index (χ1v) is 13.7. The fourth-order valence-electron chi connectivity index (χ4n) is 4.20. The molecule has 0 aliphatic rings. The molecule has 0 aliphatic carbocycles. The monoisotopic (exact) mass is 583 g/mol. The number of furan rings is 1. The van der Waals surface area contributed by atoms with Gasteiger partial charge in [-0.1, -0.05) is 61.3 Å². The van der Waals surface area contributed by atoms with Gasteiger partial charge in [0, 0.05) is 5.69 Å². The number of aromatic nitrogens is 2. The number of ether oxygens (including phenoxy) is 1. The number of benzene rings is 2. The van der Waals surface area contributed by atoms with Crippen molar-refractivity contribution in [3.05, 3.63) is 75.0 Å². The number of rotatable bonds is 10. The molecule has 0 radical (unpaired) electrons. The number of carbonyl (C=O) groups excluding carboxylic acids is 2. The molecule has 2 aromatic carbocycles. The number of halogens is 2. The molecule has 0 fully saturated rings. The molecular weight excluding hydrogens is 553 g/mol. The summed E-state index contributed by atoms with van der Waals surface area (Å²) in [6.45, 7) is 9.66. The zero-order valence-electron chi connectivity index (χ0n) is 22.9. The molecule has 4 rings (SSSR count). The van der Waals surface area contributed by atoms with E-state index in [4.69, 9.17) is 32.4 Å². The number of hydrogen-bond donors (Lipinski definition) is 3. The van der Waals surface area contributed by atoms with Crippen LogP contribution in [0.2, 0.25) is 10.0 Å². The number of hydrogen-bond acceptors (Lipinski definition) is 8. The third kappa shape index (κ3) is 6.66. The van der Waals surface area contributed by atoms with Gasteiger partial charge in [-0.15, -0.1) is 0 Å². The van der Waals surface area contributed by atoms with Gasteiger partial charge in [0.2, 0.25) is 17.6 Å². The summed E-state index contributed by atoms with van der Waals surface area (Å²) in [5, 5.41) is 4.08. The highest BCUT2D eigenvalue weighted by atomic mass is 35.5. The number of aryl methyl sites for hydroxylation is 1. The van der Waals surface area contributed by atoms with Crippen LogP contribution in [0.25, 0.3) is 11.1 Å². The molecule has 1 unspecified atom stereocenters. The van der Waals surface area contributed by atoms with E-state index < -0.39 is 11.9 Å². The van der Waals surface area contributed by atoms with Crippen molar-refractivity contribution in [2.45, 2.75) is 47.0 Å². The lowest BCUT2D eigenvalue weighted by Gasteiger charge is -2.16. The number of nitrogens with zero attached hydrogens (tertiary/aromatic N) is 2. The minimum atomic E-state index is -0.586. The zero-order valence-corrected chi connectivity index (χ0v) is 24.4. The molecule has 2 aromatic heterocycles. The molecule has 40 heavy (non-hydrogen) atoms. The number of fused-ring (bicyclic) bond motifs is 1. The van der Waals surface area contributed by atoms with Crippen molar-refractivity contribution in [1.29, 1.82) is 0 Å². The average Bonchev–Trinajstić information content (AvgIpc) is 3.24. The first-order valence-electron chi connectivity index (χ1n) is 12.9. The van der Waals surface area contributed by atoms with Gasteiger partial charge in [-0.25, -0.2) is 4.79 Å². The smallest absolute Gasteiger partial charge is 0.342 e. The van der Waals surface area contributed by atoms with Gasteiger partial charge in [0.15, 0.2) is 5.82 Å². The summed E-state index contributed by atoms with van der Waals surface area (Å²) in [6, 6.07) is 13.0. The molecule has 9 nitrogen and oxygen atoms in total. The van der Waals surface area contributed by atoms with Crippen molar-refractivity contribution in [1.82, 2.24) is 15.4 Å². The summed E-state index contributed by atoms with van der Waals surface area (Å²) in [6.07, 6.45) is 0.970. The van der Waals surface area contributed by atoms with Crippen LogP contribution in [0.4, 0.5) is 17.5 Å². The summed E-state index contributed by atoms with van der Waals surface area (Å²) in [5.41, 5.74) is 8.54. The minimum Gasteiger partial charge on any atom is -0.462 e. The molecule has 0 bridgehead atoms. The van der Waals surface area contributed by atoms with Crippen LogP contribution in [0.15, 0.2) is 46.9 Å². The van der Waals surface area contributed by atoms with Crippen LogP contribution < -0.4 is 16.2 Å². The van der Waals surface area contributed by atoms with Gasteiger partial charge in [0.25, 0.3) is 0 Å². The number of esters is 1. The highest BCUT2D eigenvalue weighted by molar-refractivity contribution is 6.42. The maximum atomic E-state index is 13.1. The second-order valence-electron chi connectivity index (χ2n) is 9.76. The highest BCUT2D eigenvalue weighted by Gasteiger charge is 2.26. The summed E-state index contributed by atoms with van der Waals surface area (Å²) in [5.74, 6) is -0.193. The van der Waals surface area contributed by atoms with E-state index in [0.717, 1.165) is 12.0 Å². The number of hydrazine groups is 1. The fraction of sp³-hybridized carbons (Fsp3) is 0.310. The lowest BCUT2D eigenvalue weighted by Crippen LogP contribution is -2.33. The second-order valence-corrected chi connectivity index (χ2v) is 10.6. The fourth-order valence-corrected chi connectivity index (χ4v) is 4.50. The SMILES string of the molecule is CCOC(=O)c1c(C)oc2nc(Nc3ccc(Cl)c(Cl)c3)nc(NNC(=O)C(C)c3ccc(CC(C)C)cc3)c12. The molecule has 1 atom stereocenters. The molecule has 0 aliphatic heterocycles. The average molecular weight is 585 g/mol. The molecule has 0 saturated carbocycles. The van der Waals surface area contributed by atoms with Crippen LogP contribution in [-0.4, -0.2) is 28.5 Å². The number of nitrogens with one attached hydrogen (secondary N) is 3. The van der Waals surface area contributed by atoms with E-state index in [2.05, 4.69) is 40.0 Å². The molecule has 4 aromatic rings. The van der Waals surface area contributed by atoms with E-state index >= 15 is 0 Å². The third-order valence-corrected chi connectivity index (χ3v) is 6.94. The Bertz CT molecular complexity index is 1540. The number of carbonyl (C=O) groups is 2. The number of anilines is 3. The molecule has 210 valence electrons. The van der Waals surface area contributed by atoms with E-state index in [9.17, 15) is 9.59 Å². The minimum absolute atomic E-state index is 0.128. The lowest BCUT2D eigenvalue weighted by molar-refractivity contribution is -0.121. The Balaban J connectivity index is 1.63. The molecule has 3 N–H and O–H groups in total. The quantitative estimate of drug-likeness (QED) is 0.132. The third-order valence-electron chi connectivity index (χ3n) is 6.20. The highest BCUT2D eigenvalue weighted by Crippen LogP contribution is 2.33. The van der Waals surface area contributed by atoms with Crippen molar-refractivity contribution >= 4 is 63.6 Å². The normalized spacial score (nSPS) is 11.9. The summed E-state index contributed by atoms with van der Waals surface area (Å²) < 4.78 is 11.0. The Morgan fingerprint density at radius 3 is 2.40 bits per heavy atom. The zero-order chi connectivity index (χ0) is 29.0. The Labute approximate surface area is 242 Å². The Hall–Kier alpha value is -3.82. The van der Waals surface area contributed by atoms with Crippen LogP contribution in [0, 0.1) is 12.8 Å². The van der Waals surface area contributed by atoms with Gasteiger partial charge < -0.3 is 14.5 Å². The predicted molar refractivity (Wildman–Crippen MR) is 157 cm³/mol. The van der Waals surface area contributed by atoms with E-state index in [-0.39, 0.29) is 40.9 Å². The van der Waals surface area contributed by atoms with E-state index in [1.54, 1.807) is 32.0 Å². The van der Waals surface area contributed by atoms with E-state index in [0.29, 0.717) is 27.4 Å². The first-order chi connectivity index (χ1) is 19.1. The molecule has 0 saturated heterocycles. The maximum Gasteiger partial charge on any atom is 0.342 e. The summed E-state index contributed by atoms with van der Waals surface area (Å²) in [4.78, 5) is 34.8. The van der Waals surface area contributed by atoms with Gasteiger partial charge in [0.05, 0.1) is 28.0 Å². The van der Waals surface area contributed by atoms with Gasteiger partial charge in [-0.2, -0.15) is 9.97 Å². The van der Waals surface area contributed by atoms with Crippen molar-refractivity contribution in [3.8, 4) is 0 Å². The molecular formula is C29H31Cl2N5O4. The second kappa shape index (κ2) is 12.6. The van der Waals surface area contributed by atoms with Crippen LogP contribution in [-0.2, 0) is 16.0 Å². The van der Waals surface area contributed by atoms with Crippen LogP contribution in [0.1, 0.15) is 60.9 Å². The Morgan fingerprint density at radius 2 is 1.75 bits per heavy atom. The standard InChI is InChI=1S/C29H31Cl2N5O4/c1-6-39-28(38)23-17(5)40-27-24(23)25(33-29(34-27)32-20-11-12-21(30)22(31)14-20)35-36-26(37)16(4)19-9-7-18(8-10-19)13-15(2)3/h7-12,14-16H,6,13H2,1-5H3,(H,36,37)(H2,32,33,34,35). The van der Waals surface area contributed by atoms with Gasteiger partial charge >= 0.3 is 5.97 Å². The van der Waals surface area contributed by atoms with Crippen molar-refractivity contribution in [2.75, 3.05) is 17.3 Å². The summed E-state index contributed by atoms with van der Waals surface area (Å²) >= 11 is 12.2. The Kier molecular flexibility index (Phi) is 9.17. The predicted octanol–water partition coefficient (Wildman–Crippen LogP) is 7.20. The van der Waals surface area contributed by atoms with Gasteiger partial charge in [0.1, 0.15) is 11.3 Å². The molecule has 1 amide bonds. The van der Waals surface area contributed by atoms with Crippen molar-refractivity contribution in [3.63, 3.8) is 0 Å². The lowest BCUT2D eigenvalue weighted by atomic mass is 9.96. The Morgan fingerprint density at radius 1 is 1.02 bits per heavy atom. The van der Waals surface area contributed by atoms with Gasteiger partial charge in [-0.3, -0.25) is 15.6 Å². The van der Waals surface area contributed by atoms with Gasteiger partial charge in [-0.05, 0) is 62.4 Å². The van der Waals surface area contributed by atoms with Crippen LogP contribution in [0.3, 0.4) is 0 Å². The number of amides is 1. The topological polar surface area (TPSA) is 118 Å². The molecule has 0 spiro atoms. The van der Waals surface area contributed by atoms with Crippen LogP contribution >= 0.6 is 23.2 Å². The first kappa shape index (κ1) is 29.2. The molecule has 11 heteroatoms. The van der Waals surface area contributed by atoms with Crippen molar-refractivity contribution < 1.29 is 18.7 Å². The van der Waals surface area contributed by atoms with E-state index in [1.165, 1.54) is 5.56 Å². The maximum absolute atomic E-state index is 13.1. The van der Waals surface area contributed by atoms with E-state index in [1.807, 2.05) is 31.2 Å². The largest absolute Gasteiger partial charge is 0.462 e. The van der Waals surface area contributed by atoms with Crippen molar-refractivity contribution in [2.24, 2.45) is 5.92 Å². The molecule has 2 heterocycles. The van der Waals surface area contributed by atoms with Crippen LogP contribution in [0.5, 0.6) is 0 Å². The summed E-state index contributed by atoms with van der Waals surface area (Å²) in [7, 11) is 0.